The average Bonchev–Trinajstić information content (AvgIpc) is 3.28. The topological polar surface area (TPSA) is 103 Å². The van der Waals surface area contributed by atoms with Gasteiger partial charge in [-0.05, 0) is 49.7 Å². The third kappa shape index (κ3) is 5.00. The first-order valence-corrected chi connectivity index (χ1v) is 10.1. The Labute approximate surface area is 180 Å². The highest BCUT2D eigenvalue weighted by molar-refractivity contribution is 5.92. The molecule has 1 saturated heterocycles. The van der Waals surface area contributed by atoms with Crippen molar-refractivity contribution < 1.29 is 18.8 Å². The number of methoxy groups -OCH3 is 2. The van der Waals surface area contributed by atoms with Gasteiger partial charge in [0, 0.05) is 18.3 Å². The molecule has 0 aliphatic carbocycles. The molecule has 1 fully saturated rings. The summed E-state index contributed by atoms with van der Waals surface area (Å²) in [5.74, 6) is 2.15. The Kier molecular flexibility index (Phi) is 6.42. The van der Waals surface area contributed by atoms with Gasteiger partial charge in [-0.25, -0.2) is 0 Å². The standard InChI is InChI=1S/C22H25N5O4/c1-29-18-8-7-15(11-19(18)30-2)21-25-20(31-26-21)14-27-10-4-5-16(13-27)22(28)24-17-6-3-9-23-12-17/h3,6-9,11-12,16H,4-5,10,13-14H2,1-2H3,(H,24,28). The van der Waals surface area contributed by atoms with E-state index in [0.717, 1.165) is 24.9 Å². The normalized spacial score (nSPS) is 16.6. The molecule has 1 amide bonds. The van der Waals surface area contributed by atoms with Crippen molar-refractivity contribution in [3.8, 4) is 22.9 Å². The minimum absolute atomic E-state index is 0.00856. The highest BCUT2D eigenvalue weighted by Gasteiger charge is 2.27. The number of carbonyl (C=O) groups is 1. The molecule has 2 aromatic heterocycles. The minimum Gasteiger partial charge on any atom is -0.493 e. The number of amides is 1. The molecular weight excluding hydrogens is 398 g/mol. The molecule has 9 nitrogen and oxygen atoms in total. The van der Waals surface area contributed by atoms with Gasteiger partial charge < -0.3 is 19.3 Å². The molecule has 0 spiro atoms. The van der Waals surface area contributed by atoms with Crippen molar-refractivity contribution in [2.75, 3.05) is 32.6 Å². The maximum absolute atomic E-state index is 12.6. The van der Waals surface area contributed by atoms with Gasteiger partial charge in [-0.15, -0.1) is 0 Å². The summed E-state index contributed by atoms with van der Waals surface area (Å²) >= 11 is 0. The maximum Gasteiger partial charge on any atom is 0.241 e. The summed E-state index contributed by atoms with van der Waals surface area (Å²) in [6.07, 6.45) is 5.11. The lowest BCUT2D eigenvalue weighted by Crippen LogP contribution is -2.40. The summed E-state index contributed by atoms with van der Waals surface area (Å²) in [5.41, 5.74) is 1.49. The number of benzene rings is 1. The average molecular weight is 423 g/mol. The predicted octanol–water partition coefficient (Wildman–Crippen LogP) is 3.00. The van der Waals surface area contributed by atoms with E-state index in [9.17, 15) is 4.79 Å². The molecule has 4 rings (SSSR count). The molecule has 3 heterocycles. The lowest BCUT2D eigenvalue weighted by atomic mass is 9.97. The minimum atomic E-state index is -0.0952. The molecule has 1 unspecified atom stereocenters. The smallest absolute Gasteiger partial charge is 0.241 e. The van der Waals surface area contributed by atoms with E-state index in [1.807, 2.05) is 18.2 Å². The summed E-state index contributed by atoms with van der Waals surface area (Å²) in [5, 5.41) is 7.04. The van der Waals surface area contributed by atoms with Gasteiger partial charge >= 0.3 is 0 Å². The third-order valence-electron chi connectivity index (χ3n) is 5.27. The van der Waals surface area contributed by atoms with Crippen molar-refractivity contribution in [1.29, 1.82) is 0 Å². The number of aromatic nitrogens is 3. The fourth-order valence-corrected chi connectivity index (χ4v) is 3.70. The van der Waals surface area contributed by atoms with Gasteiger partial charge in [0.25, 0.3) is 0 Å². The number of hydrogen-bond acceptors (Lipinski definition) is 8. The van der Waals surface area contributed by atoms with Crippen LogP contribution in [0.3, 0.4) is 0 Å². The van der Waals surface area contributed by atoms with Crippen LogP contribution in [0.2, 0.25) is 0 Å². The quantitative estimate of drug-likeness (QED) is 0.619. The number of pyridine rings is 1. The van der Waals surface area contributed by atoms with Crippen LogP contribution in [0.1, 0.15) is 18.7 Å². The Morgan fingerprint density at radius 1 is 1.26 bits per heavy atom. The van der Waals surface area contributed by atoms with Crippen LogP contribution >= 0.6 is 0 Å². The first kappa shape index (κ1) is 20.8. The van der Waals surface area contributed by atoms with Crippen LogP contribution in [0.4, 0.5) is 5.69 Å². The molecule has 3 aromatic rings. The maximum atomic E-state index is 12.6. The Hall–Kier alpha value is -3.46. The zero-order chi connectivity index (χ0) is 21.6. The Morgan fingerprint density at radius 3 is 2.90 bits per heavy atom. The van der Waals surface area contributed by atoms with Gasteiger partial charge in [-0.1, -0.05) is 5.16 Å². The van der Waals surface area contributed by atoms with E-state index in [-0.39, 0.29) is 11.8 Å². The van der Waals surface area contributed by atoms with Gasteiger partial charge in [0.15, 0.2) is 11.5 Å². The number of rotatable bonds is 7. The SMILES string of the molecule is COc1ccc(-c2noc(CN3CCCC(C(=O)Nc4cccnc4)C3)n2)cc1OC. The second-order valence-corrected chi connectivity index (χ2v) is 7.39. The molecular formula is C22H25N5O4. The second-order valence-electron chi connectivity index (χ2n) is 7.39. The number of nitrogens with zero attached hydrogens (tertiary/aromatic N) is 4. The molecule has 0 bridgehead atoms. The largest absolute Gasteiger partial charge is 0.493 e. The molecule has 1 aromatic carbocycles. The van der Waals surface area contributed by atoms with Gasteiger partial charge in [0.2, 0.25) is 17.6 Å². The van der Waals surface area contributed by atoms with Crippen LogP contribution in [0.15, 0.2) is 47.2 Å². The van der Waals surface area contributed by atoms with Crippen molar-refractivity contribution >= 4 is 11.6 Å². The van der Waals surface area contributed by atoms with Crippen molar-refractivity contribution in [3.05, 3.63) is 48.6 Å². The summed E-state index contributed by atoms with van der Waals surface area (Å²) < 4.78 is 16.1. The van der Waals surface area contributed by atoms with E-state index >= 15 is 0 Å². The molecule has 9 heteroatoms. The van der Waals surface area contributed by atoms with Crippen molar-refractivity contribution in [1.82, 2.24) is 20.0 Å². The monoisotopic (exact) mass is 423 g/mol. The number of nitrogens with one attached hydrogen (secondary N) is 1. The first-order chi connectivity index (χ1) is 15.2. The van der Waals surface area contributed by atoms with Crippen LogP contribution in [0.5, 0.6) is 11.5 Å². The zero-order valence-corrected chi connectivity index (χ0v) is 17.6. The van der Waals surface area contributed by atoms with Crippen LogP contribution in [0, 0.1) is 5.92 Å². The zero-order valence-electron chi connectivity index (χ0n) is 17.6. The molecule has 1 aliphatic heterocycles. The highest BCUT2D eigenvalue weighted by atomic mass is 16.5. The van der Waals surface area contributed by atoms with Crippen LogP contribution in [-0.2, 0) is 11.3 Å². The summed E-state index contributed by atoms with van der Waals surface area (Å²) in [7, 11) is 3.17. The number of ether oxygens (including phenoxy) is 2. The predicted molar refractivity (Wildman–Crippen MR) is 114 cm³/mol. The van der Waals surface area contributed by atoms with E-state index in [2.05, 4.69) is 25.3 Å². The lowest BCUT2D eigenvalue weighted by molar-refractivity contribution is -0.121. The molecule has 1 atom stereocenters. The molecule has 0 radical (unpaired) electrons. The van der Waals surface area contributed by atoms with Crippen LogP contribution < -0.4 is 14.8 Å². The Morgan fingerprint density at radius 2 is 2.13 bits per heavy atom. The van der Waals surface area contributed by atoms with Crippen molar-refractivity contribution in [2.45, 2.75) is 19.4 Å². The summed E-state index contributed by atoms with van der Waals surface area (Å²) in [6.45, 7) is 2.02. The molecule has 31 heavy (non-hydrogen) atoms. The molecule has 1 aliphatic rings. The highest BCUT2D eigenvalue weighted by Crippen LogP contribution is 2.31. The van der Waals surface area contributed by atoms with E-state index in [4.69, 9.17) is 14.0 Å². The lowest BCUT2D eigenvalue weighted by Gasteiger charge is -2.30. The van der Waals surface area contributed by atoms with E-state index in [1.54, 1.807) is 38.7 Å². The Balaban J connectivity index is 1.38. The summed E-state index contributed by atoms with van der Waals surface area (Å²) in [6, 6.07) is 9.11. The number of hydrogen-bond donors (Lipinski definition) is 1. The van der Waals surface area contributed by atoms with E-state index < -0.39 is 0 Å². The van der Waals surface area contributed by atoms with Crippen molar-refractivity contribution in [3.63, 3.8) is 0 Å². The van der Waals surface area contributed by atoms with Gasteiger partial charge in [0.05, 0.1) is 38.6 Å². The van der Waals surface area contributed by atoms with Gasteiger partial charge in [-0.3, -0.25) is 14.7 Å². The number of piperidine rings is 1. The number of likely N-dealkylation sites (tertiary alicyclic amines) is 1. The first-order valence-electron chi connectivity index (χ1n) is 10.1. The fourth-order valence-electron chi connectivity index (χ4n) is 3.70. The third-order valence-corrected chi connectivity index (χ3v) is 5.27. The number of carbonyl (C=O) groups excluding carboxylic acids is 1. The van der Waals surface area contributed by atoms with E-state index in [1.165, 1.54) is 0 Å². The number of anilines is 1. The van der Waals surface area contributed by atoms with Gasteiger partial charge in [-0.2, -0.15) is 4.98 Å². The molecule has 162 valence electrons. The van der Waals surface area contributed by atoms with Crippen LogP contribution in [0.25, 0.3) is 11.4 Å². The van der Waals surface area contributed by atoms with Gasteiger partial charge in [0.1, 0.15) is 0 Å². The fraction of sp³-hybridized carbons (Fsp3) is 0.364. The van der Waals surface area contributed by atoms with Crippen LogP contribution in [-0.4, -0.2) is 53.2 Å². The van der Waals surface area contributed by atoms with Crippen molar-refractivity contribution in [2.24, 2.45) is 5.92 Å². The van der Waals surface area contributed by atoms with E-state index in [0.29, 0.717) is 42.0 Å². The molecule has 0 saturated carbocycles. The summed E-state index contributed by atoms with van der Waals surface area (Å²) in [4.78, 5) is 23.4. The second kappa shape index (κ2) is 9.57. The molecule has 1 N–H and O–H groups in total. The Bertz CT molecular complexity index is 1020.